The van der Waals surface area contributed by atoms with E-state index < -0.39 is 5.56 Å². The van der Waals surface area contributed by atoms with Crippen molar-refractivity contribution >= 4 is 16.8 Å². The monoisotopic (exact) mass is 407 g/mol. The van der Waals surface area contributed by atoms with Gasteiger partial charge in [-0.15, -0.1) is 0 Å². The lowest BCUT2D eigenvalue weighted by molar-refractivity contribution is -0.122. The van der Waals surface area contributed by atoms with Crippen LogP contribution in [0.15, 0.2) is 58.1 Å². The van der Waals surface area contributed by atoms with Crippen LogP contribution in [0, 0.1) is 5.82 Å². The number of fused-ring (bicyclic) bond motifs is 1. The summed E-state index contributed by atoms with van der Waals surface area (Å²) < 4.78 is 21.2. The normalized spacial score (nSPS) is 13.6. The van der Waals surface area contributed by atoms with Crippen LogP contribution < -0.4 is 10.9 Å². The van der Waals surface area contributed by atoms with Gasteiger partial charge in [0.15, 0.2) is 0 Å². The molecule has 152 valence electrons. The van der Waals surface area contributed by atoms with Gasteiger partial charge in [-0.25, -0.2) is 13.8 Å². The minimum Gasteiger partial charge on any atom is -0.467 e. The van der Waals surface area contributed by atoms with E-state index in [2.05, 4.69) is 15.5 Å². The van der Waals surface area contributed by atoms with Gasteiger partial charge < -0.3 is 9.73 Å². The standard InChI is InChI=1S/C21H18FN5O3/c22-14-5-7-15(8-6-14)27-20-17(11-24-27)19(13-3-4-13)25-26(21(20)29)12-18(28)23-10-16-2-1-9-30-16/h1-2,5-9,11,13H,3-4,10,12H2,(H,23,28). The summed E-state index contributed by atoms with van der Waals surface area (Å²) in [7, 11) is 0. The van der Waals surface area contributed by atoms with Crippen molar-refractivity contribution in [2.24, 2.45) is 0 Å². The molecule has 3 aromatic heterocycles. The summed E-state index contributed by atoms with van der Waals surface area (Å²) in [5, 5.41) is 12.2. The highest BCUT2D eigenvalue weighted by atomic mass is 19.1. The number of halogens is 1. The zero-order valence-corrected chi connectivity index (χ0v) is 15.9. The molecule has 0 saturated heterocycles. The SMILES string of the molecule is O=C(Cn1nc(C2CC2)c2cnn(-c3ccc(F)cc3)c2c1=O)NCc1ccco1. The van der Waals surface area contributed by atoms with Crippen LogP contribution in [0.4, 0.5) is 4.39 Å². The molecule has 4 aromatic rings. The molecule has 0 aliphatic heterocycles. The van der Waals surface area contributed by atoms with Crippen molar-refractivity contribution in [2.75, 3.05) is 0 Å². The Morgan fingerprint density at radius 1 is 1.23 bits per heavy atom. The number of nitrogens with one attached hydrogen (secondary N) is 1. The number of furan rings is 1. The second kappa shape index (κ2) is 7.25. The number of rotatable bonds is 6. The average molecular weight is 407 g/mol. The lowest BCUT2D eigenvalue weighted by Gasteiger charge is -2.10. The van der Waals surface area contributed by atoms with E-state index in [0.29, 0.717) is 22.4 Å². The molecule has 9 heteroatoms. The van der Waals surface area contributed by atoms with Gasteiger partial charge in [0.25, 0.3) is 5.56 Å². The summed E-state index contributed by atoms with van der Waals surface area (Å²) in [6.45, 7) is 0.00955. The second-order valence-electron chi connectivity index (χ2n) is 7.27. The molecule has 1 N–H and O–H groups in total. The molecule has 0 atom stereocenters. The van der Waals surface area contributed by atoms with E-state index in [1.807, 2.05) is 0 Å². The van der Waals surface area contributed by atoms with Crippen LogP contribution in [0.25, 0.3) is 16.6 Å². The van der Waals surface area contributed by atoms with Crippen LogP contribution in [0.2, 0.25) is 0 Å². The lowest BCUT2D eigenvalue weighted by atomic mass is 10.2. The fraction of sp³-hybridized carbons (Fsp3) is 0.238. The highest BCUT2D eigenvalue weighted by Gasteiger charge is 2.30. The highest BCUT2D eigenvalue weighted by Crippen LogP contribution is 2.41. The number of carbonyl (C=O) groups excluding carboxylic acids is 1. The van der Waals surface area contributed by atoms with E-state index in [9.17, 15) is 14.0 Å². The molecular formula is C21H18FN5O3. The molecule has 1 aliphatic rings. The Morgan fingerprint density at radius 3 is 2.73 bits per heavy atom. The molecule has 0 bridgehead atoms. The molecular weight excluding hydrogens is 389 g/mol. The Hall–Kier alpha value is -3.75. The maximum atomic E-state index is 13.3. The number of carbonyl (C=O) groups is 1. The van der Waals surface area contributed by atoms with Gasteiger partial charge in [0.1, 0.15) is 23.6 Å². The Morgan fingerprint density at radius 2 is 2.03 bits per heavy atom. The number of hydrogen-bond donors (Lipinski definition) is 1. The molecule has 0 unspecified atom stereocenters. The van der Waals surface area contributed by atoms with Crippen LogP contribution in [0.3, 0.4) is 0 Å². The van der Waals surface area contributed by atoms with E-state index >= 15 is 0 Å². The fourth-order valence-electron chi connectivity index (χ4n) is 3.43. The van der Waals surface area contributed by atoms with E-state index in [4.69, 9.17) is 4.42 Å². The van der Waals surface area contributed by atoms with Gasteiger partial charge in [-0.05, 0) is 49.2 Å². The van der Waals surface area contributed by atoms with Crippen LogP contribution in [-0.2, 0) is 17.9 Å². The van der Waals surface area contributed by atoms with E-state index in [0.717, 1.165) is 18.5 Å². The van der Waals surface area contributed by atoms with E-state index in [1.165, 1.54) is 27.8 Å². The molecule has 5 rings (SSSR count). The third-order valence-corrected chi connectivity index (χ3v) is 5.08. The third-order valence-electron chi connectivity index (χ3n) is 5.08. The zero-order chi connectivity index (χ0) is 20.7. The molecule has 1 aliphatic carbocycles. The van der Waals surface area contributed by atoms with Gasteiger partial charge in [0.05, 0.1) is 30.4 Å². The van der Waals surface area contributed by atoms with Crippen molar-refractivity contribution in [1.29, 1.82) is 0 Å². The fourth-order valence-corrected chi connectivity index (χ4v) is 3.43. The molecule has 1 fully saturated rings. The summed E-state index contributed by atoms with van der Waals surface area (Å²) in [6, 6.07) is 9.22. The van der Waals surface area contributed by atoms with Gasteiger partial charge in [0.2, 0.25) is 5.91 Å². The first kappa shape index (κ1) is 18.3. The molecule has 0 radical (unpaired) electrons. The Bertz CT molecular complexity index is 1270. The Labute approximate surface area is 169 Å². The van der Waals surface area contributed by atoms with Gasteiger partial charge in [0, 0.05) is 11.3 Å². The minimum atomic E-state index is -0.427. The summed E-state index contributed by atoms with van der Waals surface area (Å²) in [4.78, 5) is 25.6. The Kier molecular flexibility index (Phi) is 4.42. The third kappa shape index (κ3) is 3.38. The first-order valence-corrected chi connectivity index (χ1v) is 9.64. The molecule has 1 aromatic carbocycles. The van der Waals surface area contributed by atoms with Crippen molar-refractivity contribution < 1.29 is 13.6 Å². The first-order valence-electron chi connectivity index (χ1n) is 9.64. The number of nitrogens with zero attached hydrogens (tertiary/aromatic N) is 4. The van der Waals surface area contributed by atoms with Gasteiger partial charge >= 0.3 is 0 Å². The number of amides is 1. The number of aromatic nitrogens is 4. The van der Waals surface area contributed by atoms with Crippen molar-refractivity contribution in [3.8, 4) is 5.69 Å². The zero-order valence-electron chi connectivity index (χ0n) is 15.9. The van der Waals surface area contributed by atoms with Gasteiger partial charge in [-0.2, -0.15) is 10.2 Å². The predicted octanol–water partition coefficient (Wildman–Crippen LogP) is 2.51. The van der Waals surface area contributed by atoms with Crippen molar-refractivity contribution in [3.05, 3.63) is 76.5 Å². The van der Waals surface area contributed by atoms with Crippen LogP contribution in [0.5, 0.6) is 0 Å². The molecule has 1 saturated carbocycles. The molecule has 0 spiro atoms. The largest absolute Gasteiger partial charge is 0.467 e. The maximum absolute atomic E-state index is 13.3. The maximum Gasteiger partial charge on any atom is 0.293 e. The minimum absolute atomic E-state index is 0.218. The summed E-state index contributed by atoms with van der Waals surface area (Å²) in [5.41, 5.74) is 1.23. The van der Waals surface area contributed by atoms with Gasteiger partial charge in [-0.3, -0.25) is 9.59 Å². The first-order chi connectivity index (χ1) is 14.6. The average Bonchev–Trinajstić information content (AvgIpc) is 3.26. The second-order valence-corrected chi connectivity index (χ2v) is 7.27. The molecule has 3 heterocycles. The molecule has 8 nitrogen and oxygen atoms in total. The van der Waals surface area contributed by atoms with Crippen LogP contribution in [0.1, 0.15) is 30.2 Å². The van der Waals surface area contributed by atoms with E-state index in [1.54, 1.807) is 30.5 Å². The van der Waals surface area contributed by atoms with Crippen LogP contribution in [-0.4, -0.2) is 25.5 Å². The smallest absolute Gasteiger partial charge is 0.293 e. The summed E-state index contributed by atoms with van der Waals surface area (Å²) in [5.74, 6) is 0.139. The van der Waals surface area contributed by atoms with E-state index in [-0.39, 0.29) is 30.7 Å². The number of hydrogen-bond acceptors (Lipinski definition) is 5. The van der Waals surface area contributed by atoms with Crippen molar-refractivity contribution in [1.82, 2.24) is 24.9 Å². The quantitative estimate of drug-likeness (QED) is 0.530. The van der Waals surface area contributed by atoms with Crippen LogP contribution >= 0.6 is 0 Å². The van der Waals surface area contributed by atoms with Gasteiger partial charge in [-0.1, -0.05) is 0 Å². The molecule has 30 heavy (non-hydrogen) atoms. The lowest BCUT2D eigenvalue weighted by Crippen LogP contribution is -2.34. The molecule has 1 amide bonds. The van der Waals surface area contributed by atoms with Crippen molar-refractivity contribution in [3.63, 3.8) is 0 Å². The Balaban J connectivity index is 1.52. The summed E-state index contributed by atoms with van der Waals surface area (Å²) in [6.07, 6.45) is 5.10. The van der Waals surface area contributed by atoms with Crippen molar-refractivity contribution in [2.45, 2.75) is 31.8 Å². The summed E-state index contributed by atoms with van der Waals surface area (Å²) >= 11 is 0. The topological polar surface area (TPSA) is 95.0 Å². The predicted molar refractivity (Wildman–Crippen MR) is 106 cm³/mol. The number of benzene rings is 1. The highest BCUT2D eigenvalue weighted by molar-refractivity contribution is 5.83.